The molecule has 1 aromatic rings. The number of thioether (sulfide) groups is 2. The first-order valence-electron chi connectivity index (χ1n) is 7.09. The molecule has 1 aliphatic rings. The molecule has 19 heavy (non-hydrogen) atoms. The van der Waals surface area contributed by atoms with Crippen molar-refractivity contribution in [3.05, 3.63) is 24.3 Å². The highest BCUT2D eigenvalue weighted by atomic mass is 32.2. The number of hydrogen-bond donors (Lipinski definition) is 1. The quantitative estimate of drug-likeness (QED) is 0.873. The maximum atomic E-state index is 4.53. The molecule has 3 nitrogen and oxygen atoms in total. The summed E-state index contributed by atoms with van der Waals surface area (Å²) in [5.41, 5.74) is 1.09. The van der Waals surface area contributed by atoms with Gasteiger partial charge in [-0.15, -0.1) is 0 Å². The normalized spacial score (nSPS) is 25.2. The lowest BCUT2D eigenvalue weighted by Gasteiger charge is -2.36. The van der Waals surface area contributed by atoms with E-state index < -0.39 is 0 Å². The van der Waals surface area contributed by atoms with Crippen LogP contribution in [-0.4, -0.2) is 38.5 Å². The Labute approximate surface area is 124 Å². The van der Waals surface area contributed by atoms with Crippen molar-refractivity contribution in [2.45, 2.75) is 43.2 Å². The molecule has 1 aliphatic heterocycles. The van der Waals surface area contributed by atoms with Crippen LogP contribution in [0, 0.1) is 0 Å². The molecule has 3 atom stereocenters. The molecule has 2 heterocycles. The molecule has 3 unspecified atom stereocenters. The molecule has 0 aliphatic carbocycles. The fourth-order valence-electron chi connectivity index (χ4n) is 2.41. The molecule has 0 aromatic carbocycles. The highest BCUT2D eigenvalue weighted by Crippen LogP contribution is 2.39. The van der Waals surface area contributed by atoms with Crippen LogP contribution in [0.2, 0.25) is 0 Å². The van der Waals surface area contributed by atoms with Crippen LogP contribution in [0.25, 0.3) is 0 Å². The van der Waals surface area contributed by atoms with Gasteiger partial charge >= 0.3 is 0 Å². The maximum Gasteiger partial charge on any atom is 0.0767 e. The van der Waals surface area contributed by atoms with E-state index in [1.54, 1.807) is 12.4 Å². The zero-order valence-corrected chi connectivity index (χ0v) is 13.3. The molecule has 0 bridgehead atoms. The molecular weight excluding hydrogens is 274 g/mol. The fraction of sp³-hybridized carbons (Fsp3) is 0.714. The van der Waals surface area contributed by atoms with Gasteiger partial charge in [0.05, 0.1) is 17.9 Å². The average Bonchev–Trinajstić information content (AvgIpc) is 2.49. The van der Waals surface area contributed by atoms with Crippen LogP contribution >= 0.6 is 23.5 Å². The van der Waals surface area contributed by atoms with Gasteiger partial charge in [-0.3, -0.25) is 9.97 Å². The molecular formula is C14H23N3S2. The first kappa shape index (κ1) is 15.1. The maximum absolute atomic E-state index is 4.53. The topological polar surface area (TPSA) is 37.8 Å². The second-order valence-corrected chi connectivity index (χ2v) is 7.35. The molecule has 1 fully saturated rings. The van der Waals surface area contributed by atoms with Crippen molar-refractivity contribution in [1.82, 2.24) is 15.3 Å². The summed E-state index contributed by atoms with van der Waals surface area (Å²) in [6, 6.07) is 0.330. The number of hydrogen-bond acceptors (Lipinski definition) is 5. The van der Waals surface area contributed by atoms with Gasteiger partial charge in [-0.05, 0) is 19.4 Å². The second kappa shape index (κ2) is 8.12. The largest absolute Gasteiger partial charge is 0.308 e. The molecule has 1 N–H and O–H groups in total. The van der Waals surface area contributed by atoms with E-state index in [1.807, 2.05) is 6.20 Å². The van der Waals surface area contributed by atoms with Gasteiger partial charge in [0, 0.05) is 34.4 Å². The first-order chi connectivity index (χ1) is 9.36. The van der Waals surface area contributed by atoms with E-state index in [4.69, 9.17) is 0 Å². The third-order valence-electron chi connectivity index (χ3n) is 3.34. The Hall–Kier alpha value is -0.260. The second-order valence-electron chi connectivity index (χ2n) is 4.71. The average molecular weight is 297 g/mol. The highest BCUT2D eigenvalue weighted by Gasteiger charge is 2.33. The van der Waals surface area contributed by atoms with E-state index in [9.17, 15) is 0 Å². The van der Waals surface area contributed by atoms with Crippen LogP contribution in [-0.2, 0) is 0 Å². The summed E-state index contributed by atoms with van der Waals surface area (Å²) in [7, 11) is 0. The smallest absolute Gasteiger partial charge is 0.0767 e. The third kappa shape index (κ3) is 4.10. The van der Waals surface area contributed by atoms with Gasteiger partial charge in [0.25, 0.3) is 0 Å². The van der Waals surface area contributed by atoms with Crippen LogP contribution in [0.1, 0.15) is 38.4 Å². The van der Waals surface area contributed by atoms with Crippen LogP contribution < -0.4 is 5.32 Å². The lowest BCUT2D eigenvalue weighted by molar-refractivity contribution is 0.486. The van der Waals surface area contributed by atoms with E-state index >= 15 is 0 Å². The summed E-state index contributed by atoms with van der Waals surface area (Å²) in [6.45, 7) is 5.55. The summed E-state index contributed by atoms with van der Waals surface area (Å²) in [5, 5.41) is 5.00. The molecule has 0 spiro atoms. The highest BCUT2D eigenvalue weighted by molar-refractivity contribution is 8.07. The molecule has 106 valence electrons. The Bertz CT molecular complexity index is 361. The van der Waals surface area contributed by atoms with Crippen molar-refractivity contribution in [2.75, 3.05) is 18.1 Å². The van der Waals surface area contributed by atoms with Gasteiger partial charge in [-0.1, -0.05) is 13.8 Å². The molecule has 0 saturated carbocycles. The van der Waals surface area contributed by atoms with Crippen LogP contribution in [0.15, 0.2) is 18.6 Å². The van der Waals surface area contributed by atoms with E-state index in [0.29, 0.717) is 11.3 Å². The van der Waals surface area contributed by atoms with Gasteiger partial charge in [-0.2, -0.15) is 23.5 Å². The van der Waals surface area contributed by atoms with Gasteiger partial charge in [0.1, 0.15) is 0 Å². The number of aromatic nitrogens is 2. The monoisotopic (exact) mass is 297 g/mol. The van der Waals surface area contributed by atoms with Crippen molar-refractivity contribution in [1.29, 1.82) is 0 Å². The van der Waals surface area contributed by atoms with Crippen molar-refractivity contribution < 1.29 is 0 Å². The van der Waals surface area contributed by atoms with Crippen LogP contribution in [0.4, 0.5) is 0 Å². The Kier molecular flexibility index (Phi) is 6.47. The minimum absolute atomic E-state index is 0.330. The van der Waals surface area contributed by atoms with Gasteiger partial charge in [-0.25, -0.2) is 0 Å². The standard InChI is InChI=1S/C14H23N3S2/c1-3-5-17-13(11-10-15-6-7-16-11)14-12(4-2)18-8-9-19-14/h6-7,10,12-14,17H,3-5,8-9H2,1-2H3. The molecule has 0 amide bonds. The molecule has 0 radical (unpaired) electrons. The Morgan fingerprint density at radius 3 is 2.84 bits per heavy atom. The molecule has 5 heteroatoms. The summed E-state index contributed by atoms with van der Waals surface area (Å²) in [5.74, 6) is 2.52. The summed E-state index contributed by atoms with van der Waals surface area (Å²) in [6.07, 6.45) is 7.85. The fourth-order valence-corrected chi connectivity index (χ4v) is 5.64. The van der Waals surface area contributed by atoms with Crippen molar-refractivity contribution in [3.8, 4) is 0 Å². The number of nitrogens with zero attached hydrogens (tertiary/aromatic N) is 2. The molecule has 1 aromatic heterocycles. The number of nitrogens with one attached hydrogen (secondary N) is 1. The van der Waals surface area contributed by atoms with Crippen molar-refractivity contribution in [3.63, 3.8) is 0 Å². The Morgan fingerprint density at radius 2 is 2.16 bits per heavy atom. The summed E-state index contributed by atoms with van der Waals surface area (Å²) in [4.78, 5) is 8.77. The lowest BCUT2D eigenvalue weighted by atomic mass is 10.1. The van der Waals surface area contributed by atoms with E-state index in [1.165, 1.54) is 17.9 Å². The SMILES string of the molecule is CCCNC(c1cnccn1)C1SCCSC1CC. The minimum atomic E-state index is 0.330. The van der Waals surface area contributed by atoms with Crippen LogP contribution in [0.5, 0.6) is 0 Å². The molecule has 2 rings (SSSR count). The summed E-state index contributed by atoms with van der Waals surface area (Å²) >= 11 is 4.22. The third-order valence-corrected chi connectivity index (χ3v) is 6.69. The summed E-state index contributed by atoms with van der Waals surface area (Å²) < 4.78 is 0. The van der Waals surface area contributed by atoms with E-state index in [2.05, 4.69) is 52.7 Å². The van der Waals surface area contributed by atoms with Crippen molar-refractivity contribution in [2.24, 2.45) is 0 Å². The predicted molar refractivity (Wildman–Crippen MR) is 85.8 cm³/mol. The zero-order valence-electron chi connectivity index (χ0n) is 11.7. The minimum Gasteiger partial charge on any atom is -0.308 e. The van der Waals surface area contributed by atoms with Gasteiger partial charge in [0.15, 0.2) is 0 Å². The predicted octanol–water partition coefficient (Wildman–Crippen LogP) is 3.14. The van der Waals surface area contributed by atoms with Crippen LogP contribution in [0.3, 0.4) is 0 Å². The Balaban J connectivity index is 2.16. The van der Waals surface area contributed by atoms with Gasteiger partial charge < -0.3 is 5.32 Å². The van der Waals surface area contributed by atoms with E-state index in [-0.39, 0.29) is 0 Å². The molecule has 1 saturated heterocycles. The lowest BCUT2D eigenvalue weighted by Crippen LogP contribution is -2.39. The Morgan fingerprint density at radius 1 is 1.32 bits per heavy atom. The number of rotatable bonds is 6. The van der Waals surface area contributed by atoms with Crippen molar-refractivity contribution >= 4 is 23.5 Å². The zero-order chi connectivity index (χ0) is 13.5. The van der Waals surface area contributed by atoms with E-state index in [0.717, 1.165) is 23.9 Å². The van der Waals surface area contributed by atoms with Gasteiger partial charge in [0.2, 0.25) is 0 Å². The first-order valence-corrected chi connectivity index (χ1v) is 9.19.